The van der Waals surface area contributed by atoms with Crippen LogP contribution in [-0.4, -0.2) is 41.1 Å². The predicted molar refractivity (Wildman–Crippen MR) is 66.8 cm³/mol. The Morgan fingerprint density at radius 2 is 1.89 bits per heavy atom. The molecule has 0 aromatic rings. The molecular formula is C11H23N3O5. The highest BCUT2D eigenvalue weighted by atomic mass is 16.8. The van der Waals surface area contributed by atoms with Gasteiger partial charge < -0.3 is 14.7 Å². The van der Waals surface area contributed by atoms with Crippen LogP contribution in [0.25, 0.3) is 0 Å². The van der Waals surface area contributed by atoms with Crippen LogP contribution in [0.4, 0.5) is 4.79 Å². The minimum atomic E-state index is -1.01. The number of carbonyl (C=O) groups is 1. The van der Waals surface area contributed by atoms with Crippen LogP contribution < -0.4 is 0 Å². The van der Waals surface area contributed by atoms with Gasteiger partial charge in [0, 0.05) is 6.92 Å². The molecule has 0 radical (unpaired) electrons. The summed E-state index contributed by atoms with van der Waals surface area (Å²) in [7, 11) is 0. The molecule has 0 aromatic carbocycles. The van der Waals surface area contributed by atoms with Gasteiger partial charge in [-0.3, -0.25) is 4.84 Å². The molecular weight excluding hydrogens is 254 g/mol. The number of carbonyl (C=O) groups excluding carboxylic acids is 1. The van der Waals surface area contributed by atoms with E-state index in [0.29, 0.717) is 18.1 Å². The Labute approximate surface area is 113 Å². The van der Waals surface area contributed by atoms with Crippen LogP contribution in [0.5, 0.6) is 0 Å². The number of hydrogen-bond acceptors (Lipinski definition) is 6. The Morgan fingerprint density at radius 3 is 2.32 bits per heavy atom. The van der Waals surface area contributed by atoms with Crippen LogP contribution in [0.3, 0.4) is 0 Å². The van der Waals surface area contributed by atoms with Crippen molar-refractivity contribution < 1.29 is 24.1 Å². The SMILES string of the molecule is CCN(CC)/[N+]([O-])=N/OC(C)OC(=O)OC(C)(C)C. The molecule has 0 spiro atoms. The standard InChI is InChI=1S/C11H23N3O5/c1-7-13(8-2)14(16)12-19-9(3)17-10(15)18-11(4,5)6/h9H,7-8H2,1-6H3/b14-12-. The molecule has 0 aromatic heterocycles. The molecule has 0 amide bonds. The Bertz CT molecular complexity index is 310. The maximum atomic E-state index is 11.4. The lowest BCUT2D eigenvalue weighted by atomic mass is 10.2. The van der Waals surface area contributed by atoms with Crippen molar-refractivity contribution in [1.29, 1.82) is 0 Å². The van der Waals surface area contributed by atoms with Crippen LogP contribution in [0.15, 0.2) is 5.28 Å². The van der Waals surface area contributed by atoms with Crippen molar-refractivity contribution in [1.82, 2.24) is 5.01 Å². The third-order valence-corrected chi connectivity index (χ3v) is 1.89. The van der Waals surface area contributed by atoms with E-state index in [0.717, 1.165) is 0 Å². The third-order valence-electron chi connectivity index (χ3n) is 1.89. The van der Waals surface area contributed by atoms with Crippen LogP contribution in [-0.2, 0) is 14.3 Å². The Balaban J connectivity index is 4.21. The molecule has 0 rings (SSSR count). The number of rotatable bonds is 6. The van der Waals surface area contributed by atoms with E-state index < -0.39 is 18.0 Å². The fourth-order valence-corrected chi connectivity index (χ4v) is 1.06. The Hall–Kier alpha value is -1.73. The van der Waals surface area contributed by atoms with Crippen molar-refractivity contribution in [3.8, 4) is 0 Å². The molecule has 1 atom stereocenters. The van der Waals surface area contributed by atoms with E-state index >= 15 is 0 Å². The predicted octanol–water partition coefficient (Wildman–Crippen LogP) is 2.44. The van der Waals surface area contributed by atoms with E-state index in [9.17, 15) is 10.0 Å². The number of hydrazine groups is 1. The maximum Gasteiger partial charge on any atom is 0.511 e. The molecule has 0 aliphatic carbocycles. The van der Waals surface area contributed by atoms with Gasteiger partial charge in [-0.15, -0.1) is 5.01 Å². The summed E-state index contributed by atoms with van der Waals surface area (Å²) in [4.78, 5) is 16.4. The summed E-state index contributed by atoms with van der Waals surface area (Å²) < 4.78 is 9.68. The van der Waals surface area contributed by atoms with Gasteiger partial charge in [-0.2, -0.15) is 0 Å². The lowest BCUT2D eigenvalue weighted by Crippen LogP contribution is -2.31. The first-order valence-electron chi connectivity index (χ1n) is 6.18. The summed E-state index contributed by atoms with van der Waals surface area (Å²) in [6.07, 6.45) is -1.89. The minimum Gasteiger partial charge on any atom is -0.569 e. The first kappa shape index (κ1) is 17.3. The first-order chi connectivity index (χ1) is 8.69. The molecule has 1 unspecified atom stereocenters. The fraction of sp³-hybridized carbons (Fsp3) is 0.909. The molecule has 0 fully saturated rings. The van der Waals surface area contributed by atoms with Gasteiger partial charge in [0.1, 0.15) is 5.60 Å². The molecule has 19 heavy (non-hydrogen) atoms. The monoisotopic (exact) mass is 277 g/mol. The Kier molecular flexibility index (Phi) is 6.95. The molecule has 112 valence electrons. The number of ether oxygens (including phenoxy) is 2. The van der Waals surface area contributed by atoms with Crippen molar-refractivity contribution in [3.63, 3.8) is 0 Å². The topological polar surface area (TPSA) is 86.4 Å². The van der Waals surface area contributed by atoms with Gasteiger partial charge in [0.05, 0.1) is 18.1 Å². The summed E-state index contributed by atoms with van der Waals surface area (Å²) in [6.45, 7) is 11.2. The molecule has 0 heterocycles. The minimum absolute atomic E-state index is 0.314. The second-order valence-electron chi connectivity index (χ2n) is 4.73. The van der Waals surface area contributed by atoms with E-state index in [1.165, 1.54) is 11.9 Å². The maximum absolute atomic E-state index is 11.4. The number of nitrogens with zero attached hydrogens (tertiary/aromatic N) is 3. The Morgan fingerprint density at radius 1 is 1.37 bits per heavy atom. The third kappa shape index (κ3) is 8.06. The summed E-state index contributed by atoms with van der Waals surface area (Å²) in [5.41, 5.74) is -0.653. The van der Waals surface area contributed by atoms with E-state index in [-0.39, 0.29) is 0 Å². The van der Waals surface area contributed by atoms with Gasteiger partial charge >= 0.3 is 6.16 Å². The van der Waals surface area contributed by atoms with E-state index in [1.807, 2.05) is 13.8 Å². The van der Waals surface area contributed by atoms with Gasteiger partial charge in [0.15, 0.2) is 0 Å². The van der Waals surface area contributed by atoms with Gasteiger partial charge in [-0.1, -0.05) is 0 Å². The molecule has 0 aliphatic heterocycles. The van der Waals surface area contributed by atoms with Crippen molar-refractivity contribution in [3.05, 3.63) is 5.21 Å². The van der Waals surface area contributed by atoms with Crippen LogP contribution >= 0.6 is 0 Å². The smallest absolute Gasteiger partial charge is 0.511 e. The summed E-state index contributed by atoms with van der Waals surface area (Å²) >= 11 is 0. The molecule has 8 nitrogen and oxygen atoms in total. The van der Waals surface area contributed by atoms with E-state index in [1.54, 1.807) is 20.8 Å². The lowest BCUT2D eigenvalue weighted by molar-refractivity contribution is -0.712. The molecule has 0 bridgehead atoms. The first-order valence-corrected chi connectivity index (χ1v) is 6.18. The van der Waals surface area contributed by atoms with Crippen LogP contribution in [0, 0.1) is 5.21 Å². The lowest BCUT2D eigenvalue weighted by Gasteiger charge is -2.20. The molecule has 0 saturated carbocycles. The van der Waals surface area contributed by atoms with E-state index in [2.05, 4.69) is 5.28 Å². The van der Waals surface area contributed by atoms with Crippen molar-refractivity contribution >= 4 is 6.16 Å². The highest BCUT2D eigenvalue weighted by molar-refractivity contribution is 5.60. The van der Waals surface area contributed by atoms with Gasteiger partial charge in [0.25, 0.3) is 6.29 Å². The van der Waals surface area contributed by atoms with Crippen molar-refractivity contribution in [2.45, 2.75) is 53.4 Å². The average molecular weight is 277 g/mol. The van der Waals surface area contributed by atoms with Gasteiger partial charge in [0.2, 0.25) is 5.28 Å². The van der Waals surface area contributed by atoms with Gasteiger partial charge in [-0.05, 0) is 34.6 Å². The zero-order chi connectivity index (χ0) is 15.1. The van der Waals surface area contributed by atoms with E-state index in [4.69, 9.17) is 14.3 Å². The second-order valence-corrected chi connectivity index (χ2v) is 4.73. The zero-order valence-electron chi connectivity index (χ0n) is 12.4. The van der Waals surface area contributed by atoms with Crippen molar-refractivity contribution in [2.75, 3.05) is 13.1 Å². The van der Waals surface area contributed by atoms with Crippen LogP contribution in [0.1, 0.15) is 41.5 Å². The van der Waals surface area contributed by atoms with Crippen LogP contribution in [0.2, 0.25) is 0 Å². The summed E-state index contributed by atoms with van der Waals surface area (Å²) in [6, 6.07) is 0. The molecule has 0 saturated heterocycles. The second kappa shape index (κ2) is 7.65. The van der Waals surface area contributed by atoms with Crippen molar-refractivity contribution in [2.24, 2.45) is 5.28 Å². The molecule has 0 N–H and O–H groups in total. The summed E-state index contributed by atoms with van der Waals surface area (Å²) in [5, 5.41) is 16.1. The summed E-state index contributed by atoms with van der Waals surface area (Å²) in [5.74, 6) is 0. The molecule has 0 aliphatic rings. The fourth-order valence-electron chi connectivity index (χ4n) is 1.06. The normalized spacial score (nSPS) is 13.7. The van der Waals surface area contributed by atoms with Gasteiger partial charge in [-0.25, -0.2) is 4.79 Å². The highest BCUT2D eigenvalue weighted by Crippen LogP contribution is 2.09. The number of hydrogen-bond donors (Lipinski definition) is 0. The molecule has 8 heteroatoms. The highest BCUT2D eigenvalue weighted by Gasteiger charge is 2.20. The average Bonchev–Trinajstić information content (AvgIpc) is 2.25. The quantitative estimate of drug-likeness (QED) is 0.244. The zero-order valence-corrected chi connectivity index (χ0v) is 12.4. The largest absolute Gasteiger partial charge is 0.569 e.